The van der Waals surface area contributed by atoms with Crippen molar-refractivity contribution in [2.24, 2.45) is 0 Å². The Kier molecular flexibility index (Phi) is 5.12. The molecule has 2 aliphatic rings. The van der Waals surface area contributed by atoms with Gasteiger partial charge in [0.15, 0.2) is 0 Å². The van der Waals surface area contributed by atoms with Crippen LogP contribution in [0.1, 0.15) is 48.9 Å². The number of nitro benzene ring substituents is 1. The van der Waals surface area contributed by atoms with E-state index >= 15 is 0 Å². The zero-order chi connectivity index (χ0) is 21.5. The molecule has 0 bridgehead atoms. The summed E-state index contributed by atoms with van der Waals surface area (Å²) in [7, 11) is 0. The first-order chi connectivity index (χ1) is 14.2. The molecule has 0 saturated heterocycles. The van der Waals surface area contributed by atoms with Gasteiger partial charge in [-0.1, -0.05) is 0 Å². The number of nitro groups is 1. The normalized spacial score (nSPS) is 20.8. The second-order valence-corrected chi connectivity index (χ2v) is 7.37. The monoisotopic (exact) mass is 425 g/mol. The van der Waals surface area contributed by atoms with Crippen LogP contribution in [0.5, 0.6) is 5.75 Å². The van der Waals surface area contributed by atoms with Crippen molar-refractivity contribution >= 4 is 11.8 Å². The number of non-ortho nitro benzene ring substituents is 1. The molecule has 0 spiro atoms. The average molecular weight is 425 g/mol. The standard InChI is InChI=1S/C19H18F3N3O5/c20-19(21,22)17-23-15-3-1-2-4-16(15)24(17)12-9-14(10-12)30-18(26)29-13-7-5-11(6-8-13)25(27)28/h5-8,12,14H,1-4,9-10H2. The van der Waals surface area contributed by atoms with Gasteiger partial charge in [0.1, 0.15) is 11.9 Å². The van der Waals surface area contributed by atoms with Crippen LogP contribution in [0.4, 0.5) is 23.7 Å². The Morgan fingerprint density at radius 2 is 1.83 bits per heavy atom. The molecule has 1 saturated carbocycles. The number of hydrogen-bond acceptors (Lipinski definition) is 6. The van der Waals surface area contributed by atoms with E-state index in [1.807, 2.05) is 0 Å². The van der Waals surface area contributed by atoms with Gasteiger partial charge in [-0.05, 0) is 37.8 Å². The number of aryl methyl sites for hydroxylation is 1. The molecule has 30 heavy (non-hydrogen) atoms. The third-order valence-corrected chi connectivity index (χ3v) is 5.37. The third-order valence-electron chi connectivity index (χ3n) is 5.37. The lowest BCUT2D eigenvalue weighted by Gasteiger charge is -2.37. The number of ether oxygens (including phenoxy) is 2. The lowest BCUT2D eigenvalue weighted by atomic mass is 9.88. The van der Waals surface area contributed by atoms with Gasteiger partial charge in [-0.15, -0.1) is 0 Å². The van der Waals surface area contributed by atoms with Crippen LogP contribution in [0.25, 0.3) is 0 Å². The molecule has 160 valence electrons. The van der Waals surface area contributed by atoms with Gasteiger partial charge in [-0.25, -0.2) is 9.78 Å². The van der Waals surface area contributed by atoms with E-state index in [1.54, 1.807) is 0 Å². The molecule has 2 aliphatic carbocycles. The van der Waals surface area contributed by atoms with Crippen LogP contribution in [0, 0.1) is 10.1 Å². The summed E-state index contributed by atoms with van der Waals surface area (Å²) in [6.45, 7) is 0. The highest BCUT2D eigenvalue weighted by Gasteiger charge is 2.44. The second-order valence-electron chi connectivity index (χ2n) is 7.37. The van der Waals surface area contributed by atoms with Crippen molar-refractivity contribution in [2.45, 2.75) is 56.8 Å². The first-order valence-corrected chi connectivity index (χ1v) is 9.52. The molecule has 1 aromatic heterocycles. The van der Waals surface area contributed by atoms with Crippen LogP contribution in [-0.4, -0.2) is 26.7 Å². The highest BCUT2D eigenvalue weighted by Crippen LogP contribution is 2.42. The van der Waals surface area contributed by atoms with E-state index in [9.17, 15) is 28.1 Å². The minimum atomic E-state index is -4.54. The highest BCUT2D eigenvalue weighted by molar-refractivity contribution is 5.64. The van der Waals surface area contributed by atoms with Crippen molar-refractivity contribution in [3.05, 3.63) is 51.6 Å². The van der Waals surface area contributed by atoms with Crippen LogP contribution in [-0.2, 0) is 23.8 Å². The van der Waals surface area contributed by atoms with E-state index in [-0.39, 0.29) is 24.3 Å². The second kappa shape index (κ2) is 7.62. The summed E-state index contributed by atoms with van der Waals surface area (Å²) in [5.74, 6) is -0.809. The molecule has 1 aromatic carbocycles. The molecule has 4 rings (SSSR count). The first kappa shape index (κ1) is 20.2. The summed E-state index contributed by atoms with van der Waals surface area (Å²) in [5, 5.41) is 10.6. The summed E-state index contributed by atoms with van der Waals surface area (Å²) >= 11 is 0. The number of imidazole rings is 1. The van der Waals surface area contributed by atoms with E-state index in [4.69, 9.17) is 9.47 Å². The number of alkyl halides is 3. The Balaban J connectivity index is 1.38. The molecule has 0 amide bonds. The number of carbonyl (C=O) groups is 1. The molecular weight excluding hydrogens is 407 g/mol. The molecule has 0 radical (unpaired) electrons. The Labute approximate surface area is 168 Å². The summed E-state index contributed by atoms with van der Waals surface area (Å²) in [6.07, 6.45) is -2.89. The van der Waals surface area contributed by atoms with Gasteiger partial charge >= 0.3 is 12.3 Å². The predicted octanol–water partition coefficient (Wildman–Crippen LogP) is 4.61. The van der Waals surface area contributed by atoms with E-state index in [0.717, 1.165) is 12.8 Å². The summed E-state index contributed by atoms with van der Waals surface area (Å²) in [6, 6.07) is 4.45. The van der Waals surface area contributed by atoms with Crippen molar-refractivity contribution in [2.75, 3.05) is 0 Å². The number of hydrogen-bond donors (Lipinski definition) is 0. The molecule has 2 aromatic rings. The van der Waals surface area contributed by atoms with E-state index < -0.39 is 35.2 Å². The average Bonchev–Trinajstić information content (AvgIpc) is 3.04. The molecule has 11 heteroatoms. The zero-order valence-electron chi connectivity index (χ0n) is 15.7. The fraction of sp³-hybridized carbons (Fsp3) is 0.474. The van der Waals surface area contributed by atoms with Crippen molar-refractivity contribution in [1.82, 2.24) is 9.55 Å². The lowest BCUT2D eigenvalue weighted by Crippen LogP contribution is -2.38. The van der Waals surface area contributed by atoms with Gasteiger partial charge in [-0.2, -0.15) is 13.2 Å². The lowest BCUT2D eigenvalue weighted by molar-refractivity contribution is -0.384. The molecule has 0 N–H and O–H groups in total. The number of nitrogens with zero attached hydrogens (tertiary/aromatic N) is 3. The quantitative estimate of drug-likeness (QED) is 0.307. The number of halogens is 3. The maximum Gasteiger partial charge on any atom is 0.514 e. The van der Waals surface area contributed by atoms with Gasteiger partial charge < -0.3 is 14.0 Å². The molecule has 0 unspecified atom stereocenters. The summed E-state index contributed by atoms with van der Waals surface area (Å²) in [4.78, 5) is 25.8. The van der Waals surface area contributed by atoms with Crippen molar-refractivity contribution in [3.8, 4) is 5.75 Å². The SMILES string of the molecule is O=C(Oc1ccc([N+](=O)[O-])cc1)OC1CC(n2c(C(F)(F)F)nc3c2CCCC3)C1. The zero-order valence-corrected chi connectivity index (χ0v) is 15.7. The van der Waals surface area contributed by atoms with E-state index in [2.05, 4.69) is 4.98 Å². The van der Waals surface area contributed by atoms with Crippen molar-refractivity contribution in [3.63, 3.8) is 0 Å². The Morgan fingerprint density at radius 1 is 1.17 bits per heavy atom. The van der Waals surface area contributed by atoms with E-state index in [0.29, 0.717) is 24.2 Å². The molecular formula is C19H18F3N3O5. The Hall–Kier alpha value is -3.11. The maximum atomic E-state index is 13.5. The van der Waals surface area contributed by atoms with Crippen molar-refractivity contribution < 1.29 is 32.4 Å². The van der Waals surface area contributed by atoms with Crippen molar-refractivity contribution in [1.29, 1.82) is 0 Å². The third kappa shape index (κ3) is 3.96. The first-order valence-electron chi connectivity index (χ1n) is 9.52. The van der Waals surface area contributed by atoms with Crippen LogP contribution in [0.2, 0.25) is 0 Å². The highest BCUT2D eigenvalue weighted by atomic mass is 19.4. The van der Waals surface area contributed by atoms with Gasteiger partial charge in [0.05, 0.1) is 10.6 Å². The Bertz CT molecular complexity index is 965. The van der Waals surface area contributed by atoms with Gasteiger partial charge in [0.25, 0.3) is 5.69 Å². The van der Waals surface area contributed by atoms with Crippen LogP contribution >= 0.6 is 0 Å². The van der Waals surface area contributed by atoms with E-state index in [1.165, 1.54) is 28.8 Å². The smallest absolute Gasteiger partial charge is 0.431 e. The molecule has 1 heterocycles. The summed E-state index contributed by atoms with van der Waals surface area (Å²) < 4.78 is 51.8. The van der Waals surface area contributed by atoms with Crippen LogP contribution < -0.4 is 4.74 Å². The molecule has 8 nitrogen and oxygen atoms in total. The minimum Gasteiger partial charge on any atom is -0.431 e. The van der Waals surface area contributed by atoms with Gasteiger partial charge in [0, 0.05) is 36.7 Å². The predicted molar refractivity (Wildman–Crippen MR) is 96.1 cm³/mol. The maximum absolute atomic E-state index is 13.5. The van der Waals surface area contributed by atoms with Gasteiger partial charge in [0.2, 0.25) is 5.82 Å². The Morgan fingerprint density at radius 3 is 2.47 bits per heavy atom. The van der Waals surface area contributed by atoms with Crippen LogP contribution in [0.3, 0.4) is 0 Å². The fourth-order valence-electron chi connectivity index (χ4n) is 3.89. The number of fused-ring (bicyclic) bond motifs is 1. The minimum absolute atomic E-state index is 0.0736. The largest absolute Gasteiger partial charge is 0.514 e. The van der Waals surface area contributed by atoms with Crippen LogP contribution in [0.15, 0.2) is 24.3 Å². The number of rotatable bonds is 4. The fourth-order valence-corrected chi connectivity index (χ4v) is 3.89. The summed E-state index contributed by atoms with van der Waals surface area (Å²) in [5.41, 5.74) is 0.989. The molecule has 0 aliphatic heterocycles. The molecule has 0 atom stereocenters. The molecule has 1 fully saturated rings. The number of aromatic nitrogens is 2. The van der Waals surface area contributed by atoms with Gasteiger partial charge in [-0.3, -0.25) is 10.1 Å². The number of benzene rings is 1. The number of carbonyl (C=O) groups excluding carboxylic acids is 1. The topological polar surface area (TPSA) is 96.5 Å².